The van der Waals surface area contributed by atoms with Crippen LogP contribution in [0.3, 0.4) is 0 Å². The van der Waals surface area contributed by atoms with Gasteiger partial charge in [0.25, 0.3) is 0 Å². The number of aromatic hydroxyl groups is 1. The number of aliphatic carboxylic acids is 1. The Morgan fingerprint density at radius 1 is 0.938 bits per heavy atom. The molecule has 0 saturated heterocycles. The van der Waals surface area contributed by atoms with E-state index in [4.69, 9.17) is 10.8 Å². The number of hydrogen-bond acceptors (Lipinski definition) is 7. The molecule has 1 rings (SSSR count). The van der Waals surface area contributed by atoms with Crippen molar-refractivity contribution in [1.82, 2.24) is 16.0 Å². The minimum absolute atomic E-state index is 0.0529. The van der Waals surface area contributed by atoms with Crippen LogP contribution in [0.1, 0.15) is 32.8 Å². The van der Waals surface area contributed by atoms with E-state index in [1.165, 1.54) is 19.1 Å². The first-order chi connectivity index (χ1) is 14.9. The van der Waals surface area contributed by atoms with Crippen LogP contribution in [0.2, 0.25) is 0 Å². The smallest absolute Gasteiger partial charge is 0.325 e. The van der Waals surface area contributed by atoms with Crippen molar-refractivity contribution in [1.29, 1.82) is 0 Å². The van der Waals surface area contributed by atoms with Gasteiger partial charge in [-0.15, -0.1) is 0 Å². The Kier molecular flexibility index (Phi) is 11.0. The van der Waals surface area contributed by atoms with E-state index < -0.39 is 47.9 Å². The van der Waals surface area contributed by atoms with Crippen LogP contribution in [0.5, 0.6) is 5.75 Å². The third-order valence-corrected chi connectivity index (χ3v) is 4.98. The Morgan fingerprint density at radius 2 is 1.47 bits per heavy atom. The molecular weight excluding hydrogens is 436 g/mol. The third-order valence-electron chi connectivity index (χ3n) is 4.62. The summed E-state index contributed by atoms with van der Waals surface area (Å²) in [6.45, 7) is 5.13. The number of amides is 3. The van der Waals surface area contributed by atoms with Crippen molar-refractivity contribution in [2.75, 3.05) is 5.75 Å². The molecule has 0 fully saturated rings. The first-order valence-corrected chi connectivity index (χ1v) is 10.9. The highest BCUT2D eigenvalue weighted by molar-refractivity contribution is 7.80. The molecule has 11 heteroatoms. The number of thiol groups is 1. The van der Waals surface area contributed by atoms with E-state index in [1.54, 1.807) is 12.1 Å². The summed E-state index contributed by atoms with van der Waals surface area (Å²) in [6.07, 6.45) is 0.507. The molecule has 4 atom stereocenters. The van der Waals surface area contributed by atoms with Crippen LogP contribution in [0.4, 0.5) is 0 Å². The van der Waals surface area contributed by atoms with Crippen molar-refractivity contribution in [2.45, 2.75) is 57.8 Å². The zero-order valence-electron chi connectivity index (χ0n) is 18.4. The SMILES string of the molecule is CC(C)CC(N)C(=O)NC(Cc1ccc(O)cc1)C(=O)NC(CS)C(=O)NC(C)C(=O)O. The fourth-order valence-corrected chi connectivity index (χ4v) is 3.07. The highest BCUT2D eigenvalue weighted by Gasteiger charge is 2.29. The van der Waals surface area contributed by atoms with Crippen LogP contribution in [-0.2, 0) is 25.6 Å². The van der Waals surface area contributed by atoms with Gasteiger partial charge in [-0.2, -0.15) is 12.6 Å². The lowest BCUT2D eigenvalue weighted by Gasteiger charge is -2.24. The number of nitrogens with two attached hydrogens (primary N) is 1. The summed E-state index contributed by atoms with van der Waals surface area (Å²) in [7, 11) is 0. The monoisotopic (exact) mass is 468 g/mol. The van der Waals surface area contributed by atoms with Gasteiger partial charge in [-0.05, 0) is 37.0 Å². The second-order valence-electron chi connectivity index (χ2n) is 7.98. The van der Waals surface area contributed by atoms with Gasteiger partial charge in [0.1, 0.15) is 23.9 Å². The van der Waals surface area contributed by atoms with Crippen LogP contribution < -0.4 is 21.7 Å². The van der Waals surface area contributed by atoms with Gasteiger partial charge in [-0.25, -0.2) is 0 Å². The molecule has 4 unspecified atom stereocenters. The van der Waals surface area contributed by atoms with Gasteiger partial charge in [0.05, 0.1) is 6.04 Å². The molecule has 32 heavy (non-hydrogen) atoms. The van der Waals surface area contributed by atoms with Gasteiger partial charge in [0.15, 0.2) is 0 Å². The standard InChI is InChI=1S/C21H32N4O6S/c1-11(2)8-15(22)18(27)24-16(9-13-4-6-14(26)7-5-13)19(28)25-17(10-32)20(29)23-12(3)21(30)31/h4-7,11-12,15-17,26,32H,8-10,22H2,1-3H3,(H,23,29)(H,24,27)(H,25,28)(H,30,31). The summed E-state index contributed by atoms with van der Waals surface area (Å²) in [6, 6.07) is 1.98. The van der Waals surface area contributed by atoms with Gasteiger partial charge in [0, 0.05) is 12.2 Å². The second kappa shape index (κ2) is 12.9. The molecule has 0 bridgehead atoms. The molecular formula is C21H32N4O6S. The Morgan fingerprint density at radius 3 is 1.97 bits per heavy atom. The Hall–Kier alpha value is -2.79. The summed E-state index contributed by atoms with van der Waals surface area (Å²) in [5.41, 5.74) is 6.59. The normalized spacial score (nSPS) is 14.7. The molecule has 10 nitrogen and oxygen atoms in total. The van der Waals surface area contributed by atoms with E-state index in [-0.39, 0.29) is 23.8 Å². The highest BCUT2D eigenvalue weighted by atomic mass is 32.1. The zero-order chi connectivity index (χ0) is 24.4. The molecule has 7 N–H and O–H groups in total. The van der Waals surface area contributed by atoms with Crippen molar-refractivity contribution >= 4 is 36.3 Å². The van der Waals surface area contributed by atoms with Gasteiger partial charge in [-0.3, -0.25) is 19.2 Å². The predicted molar refractivity (Wildman–Crippen MR) is 122 cm³/mol. The number of hydrogen-bond donors (Lipinski definition) is 7. The average Bonchev–Trinajstić information content (AvgIpc) is 2.71. The molecule has 1 aromatic rings. The van der Waals surface area contributed by atoms with Crippen LogP contribution in [0.25, 0.3) is 0 Å². The quantitative estimate of drug-likeness (QED) is 0.208. The zero-order valence-corrected chi connectivity index (χ0v) is 19.3. The first-order valence-electron chi connectivity index (χ1n) is 10.2. The summed E-state index contributed by atoms with van der Waals surface area (Å²) in [5, 5.41) is 25.8. The highest BCUT2D eigenvalue weighted by Crippen LogP contribution is 2.12. The van der Waals surface area contributed by atoms with E-state index in [0.717, 1.165) is 0 Å². The molecule has 0 saturated carbocycles. The minimum Gasteiger partial charge on any atom is -0.508 e. The number of benzene rings is 1. The van der Waals surface area contributed by atoms with Crippen molar-refractivity contribution in [3.63, 3.8) is 0 Å². The molecule has 0 aliphatic carbocycles. The molecule has 0 aliphatic heterocycles. The number of phenolic OH excluding ortho intramolecular Hbond substituents is 1. The lowest BCUT2D eigenvalue weighted by Crippen LogP contribution is -2.58. The van der Waals surface area contributed by atoms with Crippen molar-refractivity contribution in [2.24, 2.45) is 11.7 Å². The Balaban J connectivity index is 2.98. The second-order valence-corrected chi connectivity index (χ2v) is 8.35. The summed E-state index contributed by atoms with van der Waals surface area (Å²) < 4.78 is 0. The fourth-order valence-electron chi connectivity index (χ4n) is 2.81. The van der Waals surface area contributed by atoms with E-state index >= 15 is 0 Å². The summed E-state index contributed by atoms with van der Waals surface area (Å²) in [5.74, 6) is -2.96. The maximum Gasteiger partial charge on any atom is 0.325 e. The van der Waals surface area contributed by atoms with E-state index in [1.807, 2.05) is 13.8 Å². The van der Waals surface area contributed by atoms with Crippen LogP contribution in [-0.4, -0.2) is 63.8 Å². The predicted octanol–water partition coefficient (Wildman–Crippen LogP) is -0.203. The topological polar surface area (TPSA) is 171 Å². The Labute approximate surface area is 192 Å². The molecule has 0 radical (unpaired) electrons. The van der Waals surface area contributed by atoms with Crippen LogP contribution >= 0.6 is 12.6 Å². The number of carboxylic acids is 1. The largest absolute Gasteiger partial charge is 0.508 e. The number of carbonyl (C=O) groups excluding carboxylic acids is 3. The van der Waals surface area contributed by atoms with Gasteiger partial charge in [-0.1, -0.05) is 26.0 Å². The molecule has 0 spiro atoms. The molecule has 0 aromatic heterocycles. The average molecular weight is 469 g/mol. The first kappa shape index (κ1) is 27.2. The van der Waals surface area contributed by atoms with Crippen molar-refractivity contribution < 1.29 is 29.4 Å². The number of carboxylic acid groups (broad SMARTS) is 1. The minimum atomic E-state index is -1.22. The van der Waals surface area contributed by atoms with Crippen LogP contribution in [0.15, 0.2) is 24.3 Å². The van der Waals surface area contributed by atoms with Gasteiger partial charge < -0.3 is 31.9 Å². The summed E-state index contributed by atoms with van der Waals surface area (Å²) in [4.78, 5) is 48.8. The number of phenols is 1. The van der Waals surface area contributed by atoms with Crippen molar-refractivity contribution in [3.05, 3.63) is 29.8 Å². The third kappa shape index (κ3) is 9.15. The number of carbonyl (C=O) groups is 4. The molecule has 0 heterocycles. The maximum atomic E-state index is 12.9. The van der Waals surface area contributed by atoms with E-state index in [0.29, 0.717) is 12.0 Å². The fraction of sp³-hybridized carbons (Fsp3) is 0.524. The molecule has 0 aliphatic rings. The Bertz CT molecular complexity index is 802. The lowest BCUT2D eigenvalue weighted by molar-refractivity contribution is -0.141. The number of nitrogens with one attached hydrogen (secondary N) is 3. The number of rotatable bonds is 12. The summed E-state index contributed by atoms with van der Waals surface area (Å²) >= 11 is 4.06. The van der Waals surface area contributed by atoms with E-state index in [2.05, 4.69) is 28.6 Å². The molecule has 1 aromatic carbocycles. The molecule has 178 valence electrons. The molecule has 3 amide bonds. The van der Waals surface area contributed by atoms with Crippen LogP contribution in [0, 0.1) is 5.92 Å². The maximum absolute atomic E-state index is 12.9. The van der Waals surface area contributed by atoms with Gasteiger partial charge >= 0.3 is 5.97 Å². The van der Waals surface area contributed by atoms with Gasteiger partial charge in [0.2, 0.25) is 17.7 Å². The van der Waals surface area contributed by atoms with E-state index in [9.17, 15) is 24.3 Å². The van der Waals surface area contributed by atoms with Crippen molar-refractivity contribution in [3.8, 4) is 5.75 Å². The lowest BCUT2D eigenvalue weighted by atomic mass is 10.0.